The van der Waals surface area contributed by atoms with E-state index in [1.807, 2.05) is 0 Å². The molecule has 0 spiro atoms. The summed E-state index contributed by atoms with van der Waals surface area (Å²) in [4.78, 5) is 15.0. The van der Waals surface area contributed by atoms with Gasteiger partial charge in [0.25, 0.3) is 0 Å². The van der Waals surface area contributed by atoms with E-state index in [1.165, 1.54) is 12.3 Å². The third kappa shape index (κ3) is 5.02. The van der Waals surface area contributed by atoms with Gasteiger partial charge < -0.3 is 30.1 Å². The number of aliphatic hydroxyl groups is 3. The fourth-order valence-electron chi connectivity index (χ4n) is 1.73. The maximum Gasteiger partial charge on any atom is 1.00 e. The fourth-order valence-corrected chi connectivity index (χ4v) is 1.73. The van der Waals surface area contributed by atoms with Gasteiger partial charge >= 0.3 is 94.4 Å². The third-order valence-electron chi connectivity index (χ3n) is 2.64. The molecule has 0 bridgehead atoms. The molecule has 5 N–H and O–H groups in total. The van der Waals surface area contributed by atoms with Crippen molar-refractivity contribution < 1.29 is 113 Å². The first-order valence-electron chi connectivity index (χ1n) is 5.01. The second-order valence-corrected chi connectivity index (χ2v) is 3.77. The minimum atomic E-state index is -1.31. The van der Waals surface area contributed by atoms with Crippen molar-refractivity contribution in [2.75, 3.05) is 12.3 Å². The summed E-state index contributed by atoms with van der Waals surface area (Å²) in [5, 5.41) is 28.2. The molecule has 1 aliphatic rings. The maximum atomic E-state index is 11.5. The first-order valence-corrected chi connectivity index (χ1v) is 5.01. The van der Waals surface area contributed by atoms with E-state index in [0.29, 0.717) is 0 Å². The van der Waals surface area contributed by atoms with E-state index in [2.05, 4.69) is 4.98 Å². The average Bonchev–Trinajstić information content (AvgIpc) is 2.57. The van der Waals surface area contributed by atoms with Gasteiger partial charge in [-0.25, -0.2) is 4.79 Å². The van der Waals surface area contributed by atoms with Crippen LogP contribution in [0.25, 0.3) is 0 Å². The summed E-state index contributed by atoms with van der Waals surface area (Å²) in [5.74, 6) is 0.0537. The van der Waals surface area contributed by atoms with E-state index in [9.17, 15) is 15.0 Å². The van der Waals surface area contributed by atoms with Crippen molar-refractivity contribution >= 4 is 5.82 Å². The van der Waals surface area contributed by atoms with Crippen LogP contribution in [0, 0.1) is 0 Å². The fraction of sp³-hybridized carbons (Fsp3) is 0.556. The molecular formula is C9H16N3Na3O5. The molecule has 20 heavy (non-hydrogen) atoms. The number of nitrogens with two attached hydrogens (primary N) is 1. The van der Waals surface area contributed by atoms with E-state index in [0.717, 1.165) is 4.57 Å². The van der Waals surface area contributed by atoms with Crippen LogP contribution in [0.5, 0.6) is 0 Å². The first kappa shape index (κ1) is 23.8. The van der Waals surface area contributed by atoms with E-state index in [4.69, 9.17) is 15.6 Å². The summed E-state index contributed by atoms with van der Waals surface area (Å²) >= 11 is 0. The Morgan fingerprint density at radius 3 is 2.40 bits per heavy atom. The topological polar surface area (TPSA) is 131 Å². The van der Waals surface area contributed by atoms with Crippen molar-refractivity contribution in [3.05, 3.63) is 22.7 Å². The number of hydrogen-bond acceptors (Lipinski definition) is 7. The van der Waals surface area contributed by atoms with Crippen LogP contribution < -0.4 is 100 Å². The van der Waals surface area contributed by atoms with Crippen LogP contribution in [0.4, 0.5) is 5.82 Å². The van der Waals surface area contributed by atoms with Gasteiger partial charge in [-0.3, -0.25) is 4.57 Å². The largest absolute Gasteiger partial charge is 1.00 e. The zero-order chi connectivity index (χ0) is 12.6. The second kappa shape index (κ2) is 10.3. The quantitative estimate of drug-likeness (QED) is 0.399. The summed E-state index contributed by atoms with van der Waals surface area (Å²) < 4.78 is 6.19. The monoisotopic (exact) mass is 315 g/mol. The van der Waals surface area contributed by atoms with Crippen LogP contribution in [0.15, 0.2) is 17.1 Å². The number of rotatable bonds is 2. The molecule has 1 saturated heterocycles. The number of nitrogen functional groups attached to an aromatic ring is 1. The Kier molecular flexibility index (Phi) is 12.3. The Bertz CT molecular complexity index is 487. The van der Waals surface area contributed by atoms with Crippen LogP contribution in [0.2, 0.25) is 0 Å². The Morgan fingerprint density at radius 2 is 1.95 bits per heavy atom. The molecule has 100 valence electrons. The van der Waals surface area contributed by atoms with Crippen LogP contribution in [-0.2, 0) is 4.74 Å². The van der Waals surface area contributed by atoms with Crippen LogP contribution in [-0.4, -0.2) is 49.8 Å². The normalized spacial score (nSPS) is 27.9. The Balaban J connectivity index is -0.000000180. The van der Waals surface area contributed by atoms with Crippen molar-refractivity contribution in [3.8, 4) is 0 Å². The molecule has 0 aromatic carbocycles. The van der Waals surface area contributed by atoms with Gasteiger partial charge in [0.15, 0.2) is 6.23 Å². The molecule has 1 aromatic rings. The summed E-state index contributed by atoms with van der Waals surface area (Å²) in [6, 6.07) is 1.37. The van der Waals surface area contributed by atoms with Crippen molar-refractivity contribution in [3.63, 3.8) is 0 Å². The van der Waals surface area contributed by atoms with Crippen molar-refractivity contribution in [1.29, 1.82) is 0 Å². The van der Waals surface area contributed by atoms with Crippen molar-refractivity contribution in [2.24, 2.45) is 0 Å². The van der Waals surface area contributed by atoms with Crippen LogP contribution in [0.1, 0.15) is 10.5 Å². The molecule has 2 rings (SSSR count). The van der Waals surface area contributed by atoms with Crippen LogP contribution in [0.3, 0.4) is 0 Å². The van der Waals surface area contributed by atoms with Gasteiger partial charge in [0.05, 0.1) is 6.61 Å². The number of aromatic nitrogens is 2. The molecule has 0 aliphatic carbocycles. The van der Waals surface area contributed by atoms with Crippen molar-refractivity contribution in [1.82, 2.24) is 9.55 Å². The Labute approximate surface area is 186 Å². The zero-order valence-electron chi connectivity index (χ0n) is 14.8. The summed E-state index contributed by atoms with van der Waals surface area (Å²) in [5.41, 5.74) is 4.63. The molecule has 0 amide bonds. The SMILES string of the molecule is Nc1ccn([C@@H]2O[C@H](CO)[C@@H](O)[C@H]2O)c(=O)n1.[H-].[H-].[H-].[Na+].[Na+].[Na+]. The van der Waals surface area contributed by atoms with Gasteiger partial charge in [0.1, 0.15) is 24.1 Å². The molecule has 0 unspecified atom stereocenters. The minimum Gasteiger partial charge on any atom is -1.00 e. The molecule has 2 heterocycles. The standard InChI is InChI=1S/C9H13N3O5.3Na.3H/c10-5-1-2-12(9(16)11-5)8-7(15)6(14)4(3-13)17-8;;;;;;/h1-2,4,6-8,13-15H,3H2,(H2,10,11,16);;;;;;/q;3*+1;3*-1/t4-,6-,7-,8-;;;;;;/m1....../s1. The molecule has 1 aliphatic heterocycles. The molecule has 1 aromatic heterocycles. The van der Waals surface area contributed by atoms with Gasteiger partial charge in [0, 0.05) is 6.20 Å². The predicted octanol–water partition coefficient (Wildman–Crippen LogP) is -11.2. The molecule has 8 nitrogen and oxygen atoms in total. The predicted molar refractivity (Wildman–Crippen MR) is 59.3 cm³/mol. The molecule has 0 saturated carbocycles. The van der Waals surface area contributed by atoms with E-state index < -0.39 is 36.8 Å². The molecule has 11 heteroatoms. The third-order valence-corrected chi connectivity index (χ3v) is 2.64. The average molecular weight is 315 g/mol. The van der Waals surface area contributed by atoms with Crippen LogP contribution >= 0.6 is 0 Å². The van der Waals surface area contributed by atoms with Gasteiger partial charge in [-0.15, -0.1) is 0 Å². The van der Waals surface area contributed by atoms with Gasteiger partial charge in [0.2, 0.25) is 0 Å². The van der Waals surface area contributed by atoms with Gasteiger partial charge in [-0.1, -0.05) is 0 Å². The Morgan fingerprint density at radius 1 is 1.35 bits per heavy atom. The molecular weight excluding hydrogens is 299 g/mol. The molecule has 1 fully saturated rings. The summed E-state index contributed by atoms with van der Waals surface area (Å²) in [6.07, 6.45) is -3.27. The number of nitrogens with zero attached hydrogens (tertiary/aromatic N) is 2. The second-order valence-electron chi connectivity index (χ2n) is 3.77. The van der Waals surface area contributed by atoms with E-state index in [-0.39, 0.29) is 98.8 Å². The summed E-state index contributed by atoms with van der Waals surface area (Å²) in [7, 11) is 0. The Hall–Kier alpha value is 1.52. The smallest absolute Gasteiger partial charge is 1.00 e. The summed E-state index contributed by atoms with van der Waals surface area (Å²) in [6.45, 7) is -0.453. The molecule has 0 radical (unpaired) electrons. The number of anilines is 1. The number of ether oxygens (including phenoxy) is 1. The van der Waals surface area contributed by atoms with E-state index in [1.54, 1.807) is 0 Å². The van der Waals surface area contributed by atoms with Gasteiger partial charge in [-0.05, 0) is 6.07 Å². The zero-order valence-corrected chi connectivity index (χ0v) is 17.8. The van der Waals surface area contributed by atoms with E-state index >= 15 is 0 Å². The number of hydrogen-bond donors (Lipinski definition) is 4. The van der Waals surface area contributed by atoms with Crippen molar-refractivity contribution in [2.45, 2.75) is 24.5 Å². The first-order chi connectivity index (χ1) is 8.04. The minimum absolute atomic E-state index is 0. The number of aliphatic hydroxyl groups excluding tert-OH is 3. The maximum absolute atomic E-state index is 11.5. The molecule has 4 atom stereocenters. The van der Waals surface area contributed by atoms with Gasteiger partial charge in [-0.2, -0.15) is 4.98 Å².